The van der Waals surface area contributed by atoms with Gasteiger partial charge in [-0.25, -0.2) is 0 Å². The SMILES string of the molecule is CCCN(C(=O)C1CCCN(C(=O)C2CC2)C1)C1CCNC1. The summed E-state index contributed by atoms with van der Waals surface area (Å²) in [5.41, 5.74) is 0. The first-order valence-corrected chi connectivity index (χ1v) is 9.00. The first-order valence-electron chi connectivity index (χ1n) is 9.00. The van der Waals surface area contributed by atoms with Crippen molar-refractivity contribution < 1.29 is 9.59 Å². The predicted octanol–water partition coefficient (Wildman–Crippen LogP) is 1.24. The van der Waals surface area contributed by atoms with Gasteiger partial charge in [-0.15, -0.1) is 0 Å². The molecule has 1 N–H and O–H groups in total. The minimum Gasteiger partial charge on any atom is -0.342 e. The van der Waals surface area contributed by atoms with Crippen LogP contribution in [0.3, 0.4) is 0 Å². The van der Waals surface area contributed by atoms with Crippen LogP contribution in [0.2, 0.25) is 0 Å². The fourth-order valence-electron chi connectivity index (χ4n) is 3.82. The Hall–Kier alpha value is -1.10. The third-order valence-corrected chi connectivity index (χ3v) is 5.23. The zero-order valence-corrected chi connectivity index (χ0v) is 13.7. The van der Waals surface area contributed by atoms with E-state index in [0.717, 1.165) is 64.7 Å². The Morgan fingerprint density at radius 3 is 2.64 bits per heavy atom. The Balaban J connectivity index is 1.62. The molecule has 3 aliphatic rings. The summed E-state index contributed by atoms with van der Waals surface area (Å²) in [6.45, 7) is 6.40. The topological polar surface area (TPSA) is 52.7 Å². The van der Waals surface area contributed by atoms with Crippen LogP contribution < -0.4 is 5.32 Å². The van der Waals surface area contributed by atoms with Crippen molar-refractivity contribution in [2.75, 3.05) is 32.7 Å². The van der Waals surface area contributed by atoms with E-state index in [4.69, 9.17) is 0 Å². The smallest absolute Gasteiger partial charge is 0.227 e. The highest BCUT2D eigenvalue weighted by Gasteiger charge is 2.38. The molecule has 22 heavy (non-hydrogen) atoms. The number of carbonyl (C=O) groups is 2. The fourth-order valence-corrected chi connectivity index (χ4v) is 3.82. The van der Waals surface area contributed by atoms with Gasteiger partial charge in [0, 0.05) is 38.1 Å². The highest BCUT2D eigenvalue weighted by molar-refractivity contribution is 5.83. The van der Waals surface area contributed by atoms with Gasteiger partial charge < -0.3 is 15.1 Å². The molecule has 3 fully saturated rings. The van der Waals surface area contributed by atoms with E-state index in [0.29, 0.717) is 18.5 Å². The Bertz CT molecular complexity index is 416. The van der Waals surface area contributed by atoms with Gasteiger partial charge in [0.25, 0.3) is 0 Å². The monoisotopic (exact) mass is 307 g/mol. The van der Waals surface area contributed by atoms with Gasteiger partial charge in [-0.2, -0.15) is 0 Å². The Labute approximate surface area is 133 Å². The second-order valence-corrected chi connectivity index (χ2v) is 7.08. The number of nitrogens with one attached hydrogen (secondary N) is 1. The van der Waals surface area contributed by atoms with Gasteiger partial charge in [-0.3, -0.25) is 9.59 Å². The van der Waals surface area contributed by atoms with Crippen molar-refractivity contribution in [1.82, 2.24) is 15.1 Å². The number of piperidine rings is 1. The van der Waals surface area contributed by atoms with Crippen LogP contribution in [0.15, 0.2) is 0 Å². The lowest BCUT2D eigenvalue weighted by Crippen LogP contribution is -2.50. The lowest BCUT2D eigenvalue weighted by molar-refractivity contribution is -0.142. The lowest BCUT2D eigenvalue weighted by atomic mass is 9.95. The number of carbonyl (C=O) groups excluding carboxylic acids is 2. The van der Waals surface area contributed by atoms with E-state index in [1.807, 2.05) is 4.90 Å². The number of nitrogens with zero attached hydrogens (tertiary/aromatic N) is 2. The maximum absolute atomic E-state index is 13.0. The van der Waals surface area contributed by atoms with Gasteiger partial charge in [0.1, 0.15) is 0 Å². The summed E-state index contributed by atoms with van der Waals surface area (Å²) >= 11 is 0. The molecular formula is C17H29N3O2. The molecule has 0 aromatic carbocycles. The summed E-state index contributed by atoms with van der Waals surface area (Å²) in [6.07, 6.45) is 6.06. The number of amides is 2. The second-order valence-electron chi connectivity index (χ2n) is 7.08. The molecule has 5 nitrogen and oxygen atoms in total. The zero-order valence-electron chi connectivity index (χ0n) is 13.7. The van der Waals surface area contributed by atoms with E-state index >= 15 is 0 Å². The summed E-state index contributed by atoms with van der Waals surface area (Å²) < 4.78 is 0. The number of likely N-dealkylation sites (tertiary alicyclic amines) is 1. The molecular weight excluding hydrogens is 278 g/mol. The van der Waals surface area contributed by atoms with Crippen molar-refractivity contribution in [3.63, 3.8) is 0 Å². The molecule has 3 rings (SSSR count). The van der Waals surface area contributed by atoms with E-state index in [-0.39, 0.29) is 17.7 Å². The molecule has 1 aliphatic carbocycles. The van der Waals surface area contributed by atoms with Crippen LogP contribution in [-0.2, 0) is 9.59 Å². The van der Waals surface area contributed by atoms with Crippen LogP contribution in [0.4, 0.5) is 0 Å². The highest BCUT2D eigenvalue weighted by Crippen LogP contribution is 2.33. The quantitative estimate of drug-likeness (QED) is 0.831. The molecule has 2 aliphatic heterocycles. The van der Waals surface area contributed by atoms with Crippen molar-refractivity contribution in [2.24, 2.45) is 11.8 Å². The highest BCUT2D eigenvalue weighted by atomic mass is 16.2. The molecule has 2 heterocycles. The molecule has 2 unspecified atom stereocenters. The maximum Gasteiger partial charge on any atom is 0.227 e. The minimum absolute atomic E-state index is 0.0172. The van der Waals surface area contributed by atoms with Gasteiger partial charge in [0.15, 0.2) is 0 Å². The van der Waals surface area contributed by atoms with Crippen LogP contribution in [0.25, 0.3) is 0 Å². The van der Waals surface area contributed by atoms with Gasteiger partial charge in [-0.1, -0.05) is 6.92 Å². The van der Waals surface area contributed by atoms with E-state index < -0.39 is 0 Å². The first-order chi connectivity index (χ1) is 10.7. The average Bonchev–Trinajstić information content (AvgIpc) is 3.26. The Morgan fingerprint density at radius 2 is 2.00 bits per heavy atom. The van der Waals surface area contributed by atoms with Gasteiger partial charge >= 0.3 is 0 Å². The lowest BCUT2D eigenvalue weighted by Gasteiger charge is -2.37. The van der Waals surface area contributed by atoms with Crippen molar-refractivity contribution in [1.29, 1.82) is 0 Å². The van der Waals surface area contributed by atoms with E-state index in [1.165, 1.54) is 0 Å². The third kappa shape index (κ3) is 3.45. The first kappa shape index (κ1) is 15.8. The molecule has 1 saturated carbocycles. The number of rotatable bonds is 5. The molecule has 2 atom stereocenters. The molecule has 0 spiro atoms. The van der Waals surface area contributed by atoms with E-state index in [1.54, 1.807) is 0 Å². The number of hydrogen-bond donors (Lipinski definition) is 1. The second kappa shape index (κ2) is 6.99. The summed E-state index contributed by atoms with van der Waals surface area (Å²) in [7, 11) is 0. The molecule has 0 radical (unpaired) electrons. The Kier molecular flexibility index (Phi) is 5.01. The van der Waals surface area contributed by atoms with Crippen LogP contribution in [0.1, 0.15) is 45.4 Å². The normalized spacial score (nSPS) is 28.7. The summed E-state index contributed by atoms with van der Waals surface area (Å²) in [6, 6.07) is 0.349. The van der Waals surface area contributed by atoms with Gasteiger partial charge in [0.2, 0.25) is 11.8 Å². The van der Waals surface area contributed by atoms with Crippen LogP contribution >= 0.6 is 0 Å². The van der Waals surface area contributed by atoms with Crippen LogP contribution in [-0.4, -0.2) is 60.4 Å². The maximum atomic E-state index is 13.0. The van der Waals surface area contributed by atoms with E-state index in [2.05, 4.69) is 17.1 Å². The predicted molar refractivity (Wildman–Crippen MR) is 85.3 cm³/mol. The molecule has 124 valence electrons. The average molecular weight is 307 g/mol. The summed E-state index contributed by atoms with van der Waals surface area (Å²) in [5, 5.41) is 3.36. The van der Waals surface area contributed by atoms with Gasteiger partial charge in [-0.05, 0) is 45.1 Å². The van der Waals surface area contributed by atoms with Crippen molar-refractivity contribution in [2.45, 2.75) is 51.5 Å². The summed E-state index contributed by atoms with van der Waals surface area (Å²) in [4.78, 5) is 29.3. The number of hydrogen-bond acceptors (Lipinski definition) is 3. The van der Waals surface area contributed by atoms with Gasteiger partial charge in [0.05, 0.1) is 5.92 Å². The molecule has 2 amide bonds. The van der Waals surface area contributed by atoms with E-state index in [9.17, 15) is 9.59 Å². The molecule has 5 heteroatoms. The standard InChI is InChI=1S/C17H29N3O2/c1-2-9-20(15-7-8-18-11-15)17(22)14-4-3-10-19(12-14)16(21)13-5-6-13/h13-15,18H,2-12H2,1H3. The molecule has 0 aromatic rings. The molecule has 0 bridgehead atoms. The van der Waals surface area contributed by atoms with Crippen LogP contribution in [0, 0.1) is 11.8 Å². The van der Waals surface area contributed by atoms with Crippen molar-refractivity contribution in [3.05, 3.63) is 0 Å². The largest absolute Gasteiger partial charge is 0.342 e. The Morgan fingerprint density at radius 1 is 1.18 bits per heavy atom. The molecule has 0 aromatic heterocycles. The van der Waals surface area contributed by atoms with Crippen LogP contribution in [0.5, 0.6) is 0 Å². The minimum atomic E-state index is 0.0172. The van der Waals surface area contributed by atoms with Crippen molar-refractivity contribution in [3.8, 4) is 0 Å². The zero-order chi connectivity index (χ0) is 15.5. The summed E-state index contributed by atoms with van der Waals surface area (Å²) in [5.74, 6) is 0.856. The fraction of sp³-hybridized carbons (Fsp3) is 0.882. The molecule has 2 saturated heterocycles. The third-order valence-electron chi connectivity index (χ3n) is 5.23. The van der Waals surface area contributed by atoms with Crippen molar-refractivity contribution >= 4 is 11.8 Å².